The highest BCUT2D eigenvalue weighted by Crippen LogP contribution is 2.25. The Hall–Kier alpha value is -0.880. The molecule has 1 unspecified atom stereocenters. The number of nitrogens with one attached hydrogen (secondary N) is 1. The lowest BCUT2D eigenvalue weighted by molar-refractivity contribution is 0.263. The highest BCUT2D eigenvalue weighted by atomic mass is 32.2. The van der Waals surface area contributed by atoms with Crippen LogP contribution in [0.1, 0.15) is 17.6 Å². The van der Waals surface area contributed by atoms with Crippen LogP contribution < -0.4 is 5.56 Å². The molecule has 0 radical (unpaired) electrons. The predicted octanol–water partition coefficient (Wildman–Crippen LogP) is 0.937. The molecular formula is C10H14FN3OS. The van der Waals surface area contributed by atoms with Crippen LogP contribution in [0.3, 0.4) is 0 Å². The summed E-state index contributed by atoms with van der Waals surface area (Å²) in [5, 5.41) is 0. The van der Waals surface area contributed by atoms with Crippen molar-refractivity contribution in [3.8, 4) is 0 Å². The number of halogens is 1. The van der Waals surface area contributed by atoms with E-state index in [1.54, 1.807) is 0 Å². The van der Waals surface area contributed by atoms with Gasteiger partial charge < -0.3 is 4.98 Å². The molecule has 2 heterocycles. The number of H-pyrrole nitrogens is 1. The van der Waals surface area contributed by atoms with Crippen LogP contribution in [0.4, 0.5) is 4.39 Å². The van der Waals surface area contributed by atoms with Gasteiger partial charge in [-0.1, -0.05) is 0 Å². The normalized spacial score (nSPS) is 22.3. The molecule has 1 aliphatic rings. The molecular weight excluding hydrogens is 229 g/mol. The quantitative estimate of drug-likeness (QED) is 0.797. The van der Waals surface area contributed by atoms with Gasteiger partial charge in [0.25, 0.3) is 5.56 Å². The lowest BCUT2D eigenvalue weighted by Gasteiger charge is -2.31. The third-order valence-corrected chi connectivity index (χ3v) is 3.78. The number of aryl methyl sites for hydroxylation is 1. The molecule has 0 amide bonds. The van der Waals surface area contributed by atoms with Gasteiger partial charge in [0.05, 0.1) is 11.7 Å². The lowest BCUT2D eigenvalue weighted by Crippen LogP contribution is -2.35. The Labute approximate surface area is 97.3 Å². The minimum absolute atomic E-state index is 0.0748. The summed E-state index contributed by atoms with van der Waals surface area (Å²) in [6, 6.07) is 0.0748. The Morgan fingerprint density at radius 2 is 2.38 bits per heavy atom. The van der Waals surface area contributed by atoms with E-state index in [4.69, 9.17) is 0 Å². The molecule has 1 N–H and O–H groups in total. The van der Waals surface area contributed by atoms with Crippen LogP contribution in [0.5, 0.6) is 0 Å². The van der Waals surface area contributed by atoms with Crippen molar-refractivity contribution >= 4 is 11.8 Å². The Morgan fingerprint density at radius 1 is 1.62 bits per heavy atom. The smallest absolute Gasteiger partial charge is 0.287 e. The van der Waals surface area contributed by atoms with E-state index in [1.807, 2.05) is 18.8 Å². The fraction of sp³-hybridized carbons (Fsp3) is 0.600. The number of rotatable bonds is 1. The average molecular weight is 243 g/mol. The van der Waals surface area contributed by atoms with Crippen LogP contribution in [-0.4, -0.2) is 40.0 Å². The van der Waals surface area contributed by atoms with Crippen LogP contribution in [0, 0.1) is 12.7 Å². The van der Waals surface area contributed by atoms with Crippen molar-refractivity contribution in [1.82, 2.24) is 14.9 Å². The predicted molar refractivity (Wildman–Crippen MR) is 62.2 cm³/mol. The average Bonchev–Trinajstić information content (AvgIpc) is 2.26. The third kappa shape index (κ3) is 2.12. The van der Waals surface area contributed by atoms with Crippen molar-refractivity contribution < 1.29 is 4.39 Å². The number of nitrogens with zero attached hydrogens (tertiary/aromatic N) is 2. The molecule has 0 aromatic carbocycles. The fourth-order valence-corrected chi connectivity index (χ4v) is 2.94. The fourth-order valence-electron chi connectivity index (χ4n) is 1.73. The van der Waals surface area contributed by atoms with Gasteiger partial charge in [0.1, 0.15) is 5.82 Å². The lowest BCUT2D eigenvalue weighted by atomic mass is 10.2. The maximum Gasteiger partial charge on any atom is 0.287 e. The van der Waals surface area contributed by atoms with Crippen molar-refractivity contribution in [2.75, 3.05) is 25.1 Å². The zero-order valence-electron chi connectivity index (χ0n) is 9.29. The molecule has 1 fully saturated rings. The molecule has 4 nitrogen and oxygen atoms in total. The minimum atomic E-state index is -0.783. The van der Waals surface area contributed by atoms with E-state index in [1.165, 1.54) is 6.92 Å². The summed E-state index contributed by atoms with van der Waals surface area (Å²) in [4.78, 5) is 20.1. The van der Waals surface area contributed by atoms with E-state index in [2.05, 4.69) is 14.9 Å². The maximum atomic E-state index is 13.2. The van der Waals surface area contributed by atoms with Crippen molar-refractivity contribution in [3.05, 3.63) is 27.7 Å². The van der Waals surface area contributed by atoms with Gasteiger partial charge >= 0.3 is 0 Å². The Kier molecular flexibility index (Phi) is 3.30. The second kappa shape index (κ2) is 4.55. The maximum absolute atomic E-state index is 13.2. The van der Waals surface area contributed by atoms with Gasteiger partial charge in [-0.05, 0) is 14.0 Å². The van der Waals surface area contributed by atoms with E-state index in [9.17, 15) is 9.18 Å². The highest BCUT2D eigenvalue weighted by Gasteiger charge is 2.24. The second-order valence-corrected chi connectivity index (χ2v) is 5.07. The first-order valence-electron chi connectivity index (χ1n) is 5.14. The van der Waals surface area contributed by atoms with Gasteiger partial charge in [-0.15, -0.1) is 0 Å². The van der Waals surface area contributed by atoms with Gasteiger partial charge in [0, 0.05) is 18.1 Å². The van der Waals surface area contributed by atoms with Crippen molar-refractivity contribution in [2.24, 2.45) is 0 Å². The van der Waals surface area contributed by atoms with Gasteiger partial charge in [-0.3, -0.25) is 9.69 Å². The molecule has 1 saturated heterocycles. The topological polar surface area (TPSA) is 49.0 Å². The monoisotopic (exact) mass is 243 g/mol. The molecule has 1 atom stereocenters. The van der Waals surface area contributed by atoms with E-state index in [0.29, 0.717) is 5.82 Å². The summed E-state index contributed by atoms with van der Waals surface area (Å²) in [5.41, 5.74) is -0.505. The summed E-state index contributed by atoms with van der Waals surface area (Å²) in [6.07, 6.45) is 0. The second-order valence-electron chi connectivity index (χ2n) is 3.92. The summed E-state index contributed by atoms with van der Waals surface area (Å²) >= 11 is 1.82. The van der Waals surface area contributed by atoms with Crippen LogP contribution in [0.2, 0.25) is 0 Å². The molecule has 6 heteroatoms. The van der Waals surface area contributed by atoms with Gasteiger partial charge in [-0.25, -0.2) is 4.98 Å². The summed E-state index contributed by atoms with van der Waals surface area (Å²) in [5.74, 6) is 1.75. The van der Waals surface area contributed by atoms with Crippen molar-refractivity contribution in [1.29, 1.82) is 0 Å². The number of aromatic nitrogens is 2. The highest BCUT2D eigenvalue weighted by molar-refractivity contribution is 7.99. The van der Waals surface area contributed by atoms with Crippen LogP contribution in [-0.2, 0) is 0 Å². The van der Waals surface area contributed by atoms with E-state index in [0.717, 1.165) is 18.1 Å². The summed E-state index contributed by atoms with van der Waals surface area (Å²) in [6.45, 7) is 2.47. The molecule has 1 aliphatic heterocycles. The zero-order chi connectivity index (χ0) is 11.7. The van der Waals surface area contributed by atoms with Gasteiger partial charge in [0.15, 0.2) is 0 Å². The first kappa shape index (κ1) is 11.6. The SMILES string of the molecule is Cc1nc(C2CSCCN2C)[nH]c(=O)c1F. The Morgan fingerprint density at radius 3 is 3.00 bits per heavy atom. The standard InChI is InChI=1S/C10H14FN3OS/c1-6-8(11)10(15)13-9(12-6)7-5-16-4-3-14(7)2/h7H,3-5H2,1-2H3,(H,12,13,15). The van der Waals surface area contributed by atoms with Crippen LogP contribution >= 0.6 is 11.8 Å². The van der Waals surface area contributed by atoms with E-state index >= 15 is 0 Å². The van der Waals surface area contributed by atoms with Crippen LogP contribution in [0.15, 0.2) is 4.79 Å². The molecule has 2 rings (SSSR count). The minimum Gasteiger partial charge on any atom is -0.307 e. The number of thioether (sulfide) groups is 1. The zero-order valence-corrected chi connectivity index (χ0v) is 10.1. The molecule has 0 bridgehead atoms. The van der Waals surface area contributed by atoms with Crippen molar-refractivity contribution in [3.63, 3.8) is 0 Å². The molecule has 0 aliphatic carbocycles. The van der Waals surface area contributed by atoms with E-state index in [-0.39, 0.29) is 11.7 Å². The van der Waals surface area contributed by atoms with E-state index < -0.39 is 11.4 Å². The number of hydrogen-bond donors (Lipinski definition) is 1. The molecule has 0 saturated carbocycles. The van der Waals surface area contributed by atoms with Gasteiger partial charge in [-0.2, -0.15) is 16.2 Å². The third-order valence-electron chi connectivity index (χ3n) is 2.76. The first-order valence-corrected chi connectivity index (χ1v) is 6.29. The van der Waals surface area contributed by atoms with Crippen molar-refractivity contribution in [2.45, 2.75) is 13.0 Å². The Balaban J connectivity index is 2.36. The number of aromatic amines is 1. The molecule has 1 aromatic heterocycles. The summed E-state index contributed by atoms with van der Waals surface area (Å²) in [7, 11) is 1.99. The molecule has 1 aromatic rings. The largest absolute Gasteiger partial charge is 0.307 e. The Bertz CT molecular complexity index is 448. The van der Waals surface area contributed by atoms with Gasteiger partial charge in [0.2, 0.25) is 5.82 Å². The number of hydrogen-bond acceptors (Lipinski definition) is 4. The molecule has 88 valence electrons. The first-order chi connectivity index (χ1) is 7.59. The molecule has 16 heavy (non-hydrogen) atoms. The summed E-state index contributed by atoms with van der Waals surface area (Å²) < 4.78 is 13.2. The molecule has 0 spiro atoms. The van der Waals surface area contributed by atoms with Crippen LogP contribution in [0.25, 0.3) is 0 Å².